The number of aromatic nitrogens is 2. The number of nitrogens with zero attached hydrogens (tertiary/aromatic N) is 2. The van der Waals surface area contributed by atoms with Gasteiger partial charge in [0.05, 0.1) is 24.6 Å². The fraction of sp³-hybridized carbons (Fsp3) is 0.227. The lowest BCUT2D eigenvalue weighted by Crippen LogP contribution is -2.39. The SMILES string of the molecule is COc1cccc(-c2[nH]ncc2C(=O)NCCN2Cc3cc(Cl)ccc3OCC2=O)c1. The molecule has 9 heteroatoms. The molecule has 3 aromatic rings. The maximum Gasteiger partial charge on any atom is 0.260 e. The van der Waals surface area contributed by atoms with E-state index >= 15 is 0 Å². The Hall–Kier alpha value is -3.52. The summed E-state index contributed by atoms with van der Waals surface area (Å²) in [5.74, 6) is 0.891. The summed E-state index contributed by atoms with van der Waals surface area (Å²) in [6, 6.07) is 12.6. The summed E-state index contributed by atoms with van der Waals surface area (Å²) < 4.78 is 10.8. The van der Waals surface area contributed by atoms with E-state index in [0.29, 0.717) is 40.9 Å². The summed E-state index contributed by atoms with van der Waals surface area (Å²) in [7, 11) is 1.58. The summed E-state index contributed by atoms with van der Waals surface area (Å²) in [4.78, 5) is 26.8. The number of carbonyl (C=O) groups is 2. The molecule has 0 unspecified atom stereocenters. The van der Waals surface area contributed by atoms with Gasteiger partial charge in [0.15, 0.2) is 6.61 Å². The lowest BCUT2D eigenvalue weighted by molar-refractivity contribution is -0.133. The standard InChI is InChI=1S/C22H21ClN4O4/c1-30-17-4-2-3-14(10-17)21-18(11-25-26-21)22(29)24-7-8-27-12-15-9-16(23)5-6-19(15)31-13-20(27)28/h2-6,9-11H,7-8,12-13H2,1H3,(H,24,29)(H,25,26). The summed E-state index contributed by atoms with van der Waals surface area (Å²) in [6.45, 7) is 0.936. The molecule has 2 aromatic carbocycles. The normalized spacial score (nSPS) is 13.2. The molecule has 160 valence electrons. The van der Waals surface area contributed by atoms with Crippen molar-refractivity contribution in [1.29, 1.82) is 0 Å². The molecule has 2 heterocycles. The minimum Gasteiger partial charge on any atom is -0.497 e. The molecular formula is C22H21ClN4O4. The third-order valence-electron chi connectivity index (χ3n) is 5.00. The largest absolute Gasteiger partial charge is 0.497 e. The fourth-order valence-electron chi connectivity index (χ4n) is 3.40. The van der Waals surface area contributed by atoms with Gasteiger partial charge in [-0.25, -0.2) is 0 Å². The highest BCUT2D eigenvalue weighted by Crippen LogP contribution is 2.27. The van der Waals surface area contributed by atoms with E-state index in [9.17, 15) is 9.59 Å². The number of fused-ring (bicyclic) bond motifs is 1. The van der Waals surface area contributed by atoms with Crippen LogP contribution in [0.1, 0.15) is 15.9 Å². The predicted octanol–water partition coefficient (Wildman–Crippen LogP) is 2.89. The molecule has 0 fully saturated rings. The molecule has 0 atom stereocenters. The number of halogens is 1. The van der Waals surface area contributed by atoms with Crippen LogP contribution in [-0.4, -0.2) is 53.7 Å². The second-order valence-electron chi connectivity index (χ2n) is 7.00. The van der Waals surface area contributed by atoms with Crippen molar-refractivity contribution < 1.29 is 19.1 Å². The van der Waals surface area contributed by atoms with Gasteiger partial charge in [0.25, 0.3) is 11.8 Å². The van der Waals surface area contributed by atoms with E-state index in [2.05, 4.69) is 15.5 Å². The van der Waals surface area contributed by atoms with Crippen molar-refractivity contribution in [3.05, 3.63) is 64.8 Å². The first kappa shape index (κ1) is 20.7. The average Bonchev–Trinajstić information content (AvgIpc) is 3.22. The van der Waals surface area contributed by atoms with Gasteiger partial charge in [0.1, 0.15) is 11.5 Å². The lowest BCUT2D eigenvalue weighted by atomic mass is 10.1. The second kappa shape index (κ2) is 9.09. The highest BCUT2D eigenvalue weighted by atomic mass is 35.5. The molecule has 0 spiro atoms. The molecule has 4 rings (SSSR count). The molecular weight excluding hydrogens is 420 g/mol. The monoisotopic (exact) mass is 440 g/mol. The van der Waals surface area contributed by atoms with Gasteiger partial charge in [-0.05, 0) is 30.3 Å². The highest BCUT2D eigenvalue weighted by Gasteiger charge is 2.22. The summed E-state index contributed by atoms with van der Waals surface area (Å²) in [6.07, 6.45) is 1.48. The van der Waals surface area contributed by atoms with Gasteiger partial charge < -0.3 is 19.7 Å². The van der Waals surface area contributed by atoms with Crippen molar-refractivity contribution in [2.45, 2.75) is 6.54 Å². The smallest absolute Gasteiger partial charge is 0.260 e. The number of methoxy groups -OCH3 is 1. The number of amides is 2. The predicted molar refractivity (Wildman–Crippen MR) is 115 cm³/mol. The minimum absolute atomic E-state index is 0.0513. The third kappa shape index (κ3) is 4.64. The zero-order valence-corrected chi connectivity index (χ0v) is 17.6. The van der Waals surface area contributed by atoms with Crippen LogP contribution in [0.5, 0.6) is 11.5 Å². The second-order valence-corrected chi connectivity index (χ2v) is 7.44. The molecule has 31 heavy (non-hydrogen) atoms. The van der Waals surface area contributed by atoms with Crippen LogP contribution in [0.15, 0.2) is 48.7 Å². The maximum absolute atomic E-state index is 12.7. The average molecular weight is 441 g/mol. The van der Waals surface area contributed by atoms with Crippen molar-refractivity contribution in [2.75, 3.05) is 26.8 Å². The highest BCUT2D eigenvalue weighted by molar-refractivity contribution is 6.30. The number of hydrogen-bond donors (Lipinski definition) is 2. The van der Waals surface area contributed by atoms with E-state index in [4.69, 9.17) is 21.1 Å². The van der Waals surface area contributed by atoms with E-state index in [-0.39, 0.29) is 25.0 Å². The van der Waals surface area contributed by atoms with Crippen LogP contribution in [0.3, 0.4) is 0 Å². The van der Waals surface area contributed by atoms with E-state index in [1.165, 1.54) is 6.20 Å². The molecule has 0 bridgehead atoms. The van der Waals surface area contributed by atoms with Crippen molar-refractivity contribution in [1.82, 2.24) is 20.4 Å². The van der Waals surface area contributed by atoms with E-state index in [1.54, 1.807) is 30.2 Å². The Balaban J connectivity index is 1.41. The summed E-state index contributed by atoms with van der Waals surface area (Å²) >= 11 is 6.07. The zero-order chi connectivity index (χ0) is 21.8. The number of nitrogens with one attached hydrogen (secondary N) is 2. The first-order valence-corrected chi connectivity index (χ1v) is 10.1. The fourth-order valence-corrected chi connectivity index (χ4v) is 3.59. The molecule has 0 aliphatic carbocycles. The minimum atomic E-state index is -0.284. The quantitative estimate of drug-likeness (QED) is 0.614. The van der Waals surface area contributed by atoms with Gasteiger partial charge in [-0.15, -0.1) is 0 Å². The van der Waals surface area contributed by atoms with E-state index < -0.39 is 0 Å². The van der Waals surface area contributed by atoms with Gasteiger partial charge in [-0.1, -0.05) is 23.7 Å². The zero-order valence-electron chi connectivity index (χ0n) is 16.9. The molecule has 0 saturated heterocycles. The third-order valence-corrected chi connectivity index (χ3v) is 5.23. The van der Waals surface area contributed by atoms with Crippen LogP contribution in [0.2, 0.25) is 5.02 Å². The van der Waals surface area contributed by atoms with E-state index in [0.717, 1.165) is 11.1 Å². The number of hydrogen-bond acceptors (Lipinski definition) is 5. The van der Waals surface area contributed by atoms with Crippen molar-refractivity contribution in [3.63, 3.8) is 0 Å². The van der Waals surface area contributed by atoms with Crippen LogP contribution in [-0.2, 0) is 11.3 Å². The summed E-state index contributed by atoms with van der Waals surface area (Å²) in [5, 5.41) is 10.3. The molecule has 2 amide bonds. The molecule has 1 aromatic heterocycles. The first-order valence-electron chi connectivity index (χ1n) is 9.70. The number of aromatic amines is 1. The number of carbonyl (C=O) groups excluding carboxylic acids is 2. The Bertz CT molecular complexity index is 1110. The van der Waals surface area contributed by atoms with Crippen LogP contribution >= 0.6 is 11.6 Å². The van der Waals surface area contributed by atoms with Crippen molar-refractivity contribution in [2.24, 2.45) is 0 Å². The van der Waals surface area contributed by atoms with Gasteiger partial charge in [-0.2, -0.15) is 5.10 Å². The van der Waals surface area contributed by atoms with Crippen molar-refractivity contribution in [3.8, 4) is 22.8 Å². The van der Waals surface area contributed by atoms with Crippen LogP contribution in [0.4, 0.5) is 0 Å². The molecule has 0 saturated carbocycles. The molecule has 1 aliphatic heterocycles. The molecule has 2 N–H and O–H groups in total. The Morgan fingerprint density at radius 1 is 1.32 bits per heavy atom. The number of H-pyrrole nitrogens is 1. The Labute approximate surface area is 184 Å². The van der Waals surface area contributed by atoms with Crippen molar-refractivity contribution >= 4 is 23.4 Å². The topological polar surface area (TPSA) is 96.5 Å². The molecule has 0 radical (unpaired) electrons. The number of ether oxygens (including phenoxy) is 2. The van der Waals surface area contributed by atoms with Crippen LogP contribution in [0, 0.1) is 0 Å². The Morgan fingerprint density at radius 2 is 2.19 bits per heavy atom. The summed E-state index contributed by atoms with van der Waals surface area (Å²) in [5.41, 5.74) is 2.63. The Kier molecular flexibility index (Phi) is 6.08. The first-order chi connectivity index (χ1) is 15.0. The van der Waals surface area contributed by atoms with Gasteiger partial charge in [0, 0.05) is 35.8 Å². The van der Waals surface area contributed by atoms with Gasteiger partial charge >= 0.3 is 0 Å². The molecule has 1 aliphatic rings. The Morgan fingerprint density at radius 3 is 3.03 bits per heavy atom. The van der Waals surface area contributed by atoms with Gasteiger partial charge in [-0.3, -0.25) is 14.7 Å². The van der Waals surface area contributed by atoms with Crippen LogP contribution < -0.4 is 14.8 Å². The maximum atomic E-state index is 12.7. The van der Waals surface area contributed by atoms with Crippen LogP contribution in [0.25, 0.3) is 11.3 Å². The number of benzene rings is 2. The van der Waals surface area contributed by atoms with E-state index in [1.807, 2.05) is 24.3 Å². The van der Waals surface area contributed by atoms with Gasteiger partial charge in [0.2, 0.25) is 0 Å². The lowest BCUT2D eigenvalue weighted by Gasteiger charge is -2.20. The number of rotatable bonds is 6. The molecule has 8 nitrogen and oxygen atoms in total.